The molecule has 1 rings (SSSR count). The minimum absolute atomic E-state index is 0.00609. The van der Waals surface area contributed by atoms with E-state index >= 15 is 0 Å². The zero-order chi connectivity index (χ0) is 16.8. The van der Waals surface area contributed by atoms with Crippen molar-refractivity contribution in [2.45, 2.75) is 45.8 Å². The maximum atomic E-state index is 12.2. The molecule has 22 heavy (non-hydrogen) atoms. The number of carbonyl (C=O) groups excluding carboxylic acids is 1. The number of rotatable bonds is 8. The molecule has 130 valence electrons. The maximum Gasteiger partial charge on any atom is 0.222 e. The Morgan fingerprint density at radius 1 is 1.18 bits per heavy atom. The van der Waals surface area contributed by atoms with Gasteiger partial charge in [-0.25, -0.2) is 8.42 Å². The van der Waals surface area contributed by atoms with E-state index in [0.29, 0.717) is 39.0 Å². The summed E-state index contributed by atoms with van der Waals surface area (Å²) in [5, 5.41) is 0. The van der Waals surface area contributed by atoms with Gasteiger partial charge in [-0.15, -0.1) is 0 Å². The van der Waals surface area contributed by atoms with Crippen LogP contribution >= 0.6 is 0 Å². The Bertz CT molecular complexity index is 443. The minimum Gasteiger partial charge on any atom is -0.378 e. The first kappa shape index (κ1) is 19.3. The monoisotopic (exact) mass is 335 g/mol. The smallest absolute Gasteiger partial charge is 0.222 e. The van der Waals surface area contributed by atoms with Crippen LogP contribution in [0.25, 0.3) is 0 Å². The Kier molecular flexibility index (Phi) is 7.75. The molecule has 0 spiro atoms. The highest BCUT2D eigenvalue weighted by atomic mass is 32.2. The molecule has 1 fully saturated rings. The molecule has 1 saturated heterocycles. The molecule has 1 amide bonds. The number of nitrogens with two attached hydrogens (primary N) is 1. The highest BCUT2D eigenvalue weighted by Crippen LogP contribution is 2.10. The topological polar surface area (TPSA) is 92.9 Å². The standard InChI is InChI=1S/C14H29N3O4S/c1-12(2)21-10-11-22(19,20)17-8-6-16(7-9-17)14(18)5-4-13(3)15/h12-13H,4-11,15H2,1-3H3. The van der Waals surface area contributed by atoms with Gasteiger partial charge in [-0.2, -0.15) is 4.31 Å². The molecule has 0 aliphatic carbocycles. The molecule has 0 aromatic rings. The fraction of sp³-hybridized carbons (Fsp3) is 0.929. The van der Waals surface area contributed by atoms with Crippen LogP contribution in [-0.4, -0.2) is 74.2 Å². The molecule has 2 N–H and O–H groups in total. The van der Waals surface area contributed by atoms with Gasteiger partial charge in [0.05, 0.1) is 18.5 Å². The fourth-order valence-corrected chi connectivity index (χ4v) is 3.53. The van der Waals surface area contributed by atoms with Crippen molar-refractivity contribution in [2.75, 3.05) is 38.5 Å². The first-order valence-corrected chi connectivity index (χ1v) is 9.46. The number of piperazine rings is 1. The average Bonchev–Trinajstić information content (AvgIpc) is 2.44. The van der Waals surface area contributed by atoms with Crippen molar-refractivity contribution < 1.29 is 17.9 Å². The van der Waals surface area contributed by atoms with Crippen LogP contribution in [-0.2, 0) is 19.6 Å². The van der Waals surface area contributed by atoms with Crippen LogP contribution in [0.15, 0.2) is 0 Å². The van der Waals surface area contributed by atoms with E-state index in [1.165, 1.54) is 4.31 Å². The average molecular weight is 335 g/mol. The number of ether oxygens (including phenoxy) is 1. The molecule has 0 aromatic carbocycles. The van der Waals surface area contributed by atoms with Crippen molar-refractivity contribution in [3.05, 3.63) is 0 Å². The Labute approximate surface area is 133 Å². The van der Waals surface area contributed by atoms with Crippen molar-refractivity contribution in [1.29, 1.82) is 0 Å². The minimum atomic E-state index is -3.30. The van der Waals surface area contributed by atoms with E-state index < -0.39 is 10.0 Å². The van der Waals surface area contributed by atoms with Gasteiger partial charge in [-0.05, 0) is 27.2 Å². The van der Waals surface area contributed by atoms with Gasteiger partial charge in [0.2, 0.25) is 15.9 Å². The molecular weight excluding hydrogens is 306 g/mol. The van der Waals surface area contributed by atoms with Gasteiger partial charge in [-0.3, -0.25) is 4.79 Å². The van der Waals surface area contributed by atoms with Gasteiger partial charge in [0.1, 0.15) is 0 Å². The molecule has 1 aliphatic heterocycles. The Morgan fingerprint density at radius 2 is 1.77 bits per heavy atom. The van der Waals surface area contributed by atoms with E-state index in [-0.39, 0.29) is 30.4 Å². The first-order valence-electron chi connectivity index (χ1n) is 7.85. The van der Waals surface area contributed by atoms with Crippen molar-refractivity contribution in [3.8, 4) is 0 Å². The molecule has 1 aliphatic rings. The predicted octanol–water partition coefficient (Wildman–Crippen LogP) is 0.0128. The maximum absolute atomic E-state index is 12.2. The van der Waals surface area contributed by atoms with E-state index in [2.05, 4.69) is 0 Å². The summed E-state index contributed by atoms with van der Waals surface area (Å²) < 4.78 is 31.1. The van der Waals surface area contributed by atoms with Crippen LogP contribution in [0.2, 0.25) is 0 Å². The summed E-state index contributed by atoms with van der Waals surface area (Å²) >= 11 is 0. The van der Waals surface area contributed by atoms with Crippen LogP contribution < -0.4 is 5.73 Å². The lowest BCUT2D eigenvalue weighted by molar-refractivity contribution is -0.132. The quantitative estimate of drug-likeness (QED) is 0.675. The number of carbonyl (C=O) groups is 1. The molecule has 0 radical (unpaired) electrons. The van der Waals surface area contributed by atoms with Crippen LogP contribution in [0, 0.1) is 0 Å². The molecule has 0 aromatic heterocycles. The number of hydrogen-bond donors (Lipinski definition) is 1. The van der Waals surface area contributed by atoms with Crippen LogP contribution in [0.1, 0.15) is 33.6 Å². The van der Waals surface area contributed by atoms with E-state index in [4.69, 9.17) is 10.5 Å². The third-order valence-electron chi connectivity index (χ3n) is 3.59. The molecule has 8 heteroatoms. The van der Waals surface area contributed by atoms with Gasteiger partial charge in [0.25, 0.3) is 0 Å². The molecular formula is C14H29N3O4S. The Hall–Kier alpha value is -0.700. The van der Waals surface area contributed by atoms with Crippen LogP contribution in [0.5, 0.6) is 0 Å². The van der Waals surface area contributed by atoms with E-state index in [1.54, 1.807) is 4.90 Å². The second-order valence-corrected chi connectivity index (χ2v) is 8.12. The van der Waals surface area contributed by atoms with Gasteiger partial charge in [-0.1, -0.05) is 0 Å². The summed E-state index contributed by atoms with van der Waals surface area (Å²) in [5.74, 6) is 0.0431. The van der Waals surface area contributed by atoms with Gasteiger partial charge in [0.15, 0.2) is 0 Å². The Balaban J connectivity index is 2.39. The third-order valence-corrected chi connectivity index (χ3v) is 5.43. The van der Waals surface area contributed by atoms with Crippen molar-refractivity contribution in [1.82, 2.24) is 9.21 Å². The van der Waals surface area contributed by atoms with Crippen LogP contribution in [0.4, 0.5) is 0 Å². The molecule has 1 unspecified atom stereocenters. The van der Waals surface area contributed by atoms with E-state index in [9.17, 15) is 13.2 Å². The summed E-state index contributed by atoms with van der Waals surface area (Å²) in [5.41, 5.74) is 5.65. The third kappa shape index (κ3) is 6.60. The molecule has 7 nitrogen and oxygen atoms in total. The summed E-state index contributed by atoms with van der Waals surface area (Å²) in [6.45, 7) is 7.43. The van der Waals surface area contributed by atoms with Crippen molar-refractivity contribution in [3.63, 3.8) is 0 Å². The van der Waals surface area contributed by atoms with E-state index in [1.807, 2.05) is 20.8 Å². The van der Waals surface area contributed by atoms with Crippen molar-refractivity contribution >= 4 is 15.9 Å². The summed E-state index contributed by atoms with van der Waals surface area (Å²) in [7, 11) is -3.30. The summed E-state index contributed by atoms with van der Waals surface area (Å²) in [6, 6.07) is 0.00609. The molecule has 1 atom stereocenters. The number of amides is 1. The lowest BCUT2D eigenvalue weighted by Gasteiger charge is -2.34. The Morgan fingerprint density at radius 3 is 2.27 bits per heavy atom. The first-order chi connectivity index (χ1) is 10.2. The largest absolute Gasteiger partial charge is 0.378 e. The lowest BCUT2D eigenvalue weighted by Crippen LogP contribution is -2.51. The second kappa shape index (κ2) is 8.81. The molecule has 1 heterocycles. The SMILES string of the molecule is CC(N)CCC(=O)N1CCN(S(=O)(=O)CCOC(C)C)CC1. The lowest BCUT2D eigenvalue weighted by atomic mass is 10.2. The zero-order valence-electron chi connectivity index (χ0n) is 13.8. The van der Waals surface area contributed by atoms with Gasteiger partial charge >= 0.3 is 0 Å². The van der Waals surface area contributed by atoms with Crippen molar-refractivity contribution in [2.24, 2.45) is 5.73 Å². The highest BCUT2D eigenvalue weighted by molar-refractivity contribution is 7.89. The highest BCUT2D eigenvalue weighted by Gasteiger charge is 2.28. The van der Waals surface area contributed by atoms with E-state index in [0.717, 1.165) is 0 Å². The van der Waals surface area contributed by atoms with Crippen LogP contribution in [0.3, 0.4) is 0 Å². The predicted molar refractivity (Wildman–Crippen MR) is 85.9 cm³/mol. The number of nitrogens with zero attached hydrogens (tertiary/aromatic N) is 2. The molecule has 0 saturated carbocycles. The number of hydrogen-bond acceptors (Lipinski definition) is 5. The summed E-state index contributed by atoms with van der Waals surface area (Å²) in [4.78, 5) is 13.7. The van der Waals surface area contributed by atoms with Gasteiger partial charge in [0, 0.05) is 38.6 Å². The van der Waals surface area contributed by atoms with Gasteiger partial charge < -0.3 is 15.4 Å². The zero-order valence-corrected chi connectivity index (χ0v) is 14.6. The summed E-state index contributed by atoms with van der Waals surface area (Å²) in [6.07, 6.45) is 1.10. The molecule has 0 bridgehead atoms. The fourth-order valence-electron chi connectivity index (χ4n) is 2.24. The normalized spacial score (nSPS) is 18.7. The number of sulfonamides is 1. The second-order valence-electron chi connectivity index (χ2n) is 6.03.